The van der Waals surface area contributed by atoms with Gasteiger partial charge < -0.3 is 5.32 Å². The van der Waals surface area contributed by atoms with Gasteiger partial charge >= 0.3 is 0 Å². The van der Waals surface area contributed by atoms with Gasteiger partial charge in [-0.3, -0.25) is 5.10 Å². The molecule has 6 nitrogen and oxygen atoms in total. The Kier molecular flexibility index (Phi) is 4.85. The highest BCUT2D eigenvalue weighted by atomic mass is 32.2. The molecule has 2 heterocycles. The predicted molar refractivity (Wildman–Crippen MR) is 82.4 cm³/mol. The van der Waals surface area contributed by atoms with E-state index in [0.717, 1.165) is 12.0 Å². The first-order valence-electron chi connectivity index (χ1n) is 7.25. The zero-order valence-corrected chi connectivity index (χ0v) is 13.9. The van der Waals surface area contributed by atoms with E-state index in [2.05, 4.69) is 21.6 Å². The summed E-state index contributed by atoms with van der Waals surface area (Å²) >= 11 is 0. The van der Waals surface area contributed by atoms with Gasteiger partial charge in [-0.2, -0.15) is 9.40 Å². The van der Waals surface area contributed by atoms with Crippen LogP contribution in [0.15, 0.2) is 16.5 Å². The Balaban J connectivity index is 2.31. The topological polar surface area (TPSA) is 78.1 Å². The average molecular weight is 312 g/mol. The van der Waals surface area contributed by atoms with Gasteiger partial charge in [0.15, 0.2) is 0 Å². The van der Waals surface area contributed by atoms with Crippen LogP contribution in [0.5, 0.6) is 0 Å². The highest BCUT2D eigenvalue weighted by molar-refractivity contribution is 7.89. The monoisotopic (exact) mass is 312 g/mol. The molecular weight excluding hydrogens is 288 g/mol. The Morgan fingerprint density at radius 1 is 1.43 bits per heavy atom. The van der Waals surface area contributed by atoms with E-state index in [1.54, 1.807) is 11.2 Å². The lowest BCUT2D eigenvalue weighted by atomic mass is 10.2. The molecule has 7 heteroatoms. The van der Waals surface area contributed by atoms with Crippen molar-refractivity contribution in [3.8, 4) is 0 Å². The third-order valence-corrected chi connectivity index (χ3v) is 5.58. The molecule has 2 N–H and O–H groups in total. The number of nitrogens with one attached hydrogen (secondary N) is 2. The van der Waals surface area contributed by atoms with Gasteiger partial charge in [0, 0.05) is 25.7 Å². The molecule has 1 aliphatic heterocycles. The maximum Gasteiger partial charge on any atom is 0.247 e. The molecule has 0 spiro atoms. The molecular formula is C14H24N4O2S. The van der Waals surface area contributed by atoms with Crippen LogP contribution in [-0.4, -0.2) is 42.1 Å². The summed E-state index contributed by atoms with van der Waals surface area (Å²) in [5.41, 5.74) is 2.25. The van der Waals surface area contributed by atoms with E-state index in [4.69, 9.17) is 0 Å². The van der Waals surface area contributed by atoms with Crippen molar-refractivity contribution < 1.29 is 8.42 Å². The summed E-state index contributed by atoms with van der Waals surface area (Å²) in [6.45, 7) is 9.19. The van der Waals surface area contributed by atoms with E-state index >= 15 is 0 Å². The van der Waals surface area contributed by atoms with Crippen molar-refractivity contribution >= 4 is 10.0 Å². The van der Waals surface area contributed by atoms with Crippen molar-refractivity contribution in [1.82, 2.24) is 19.8 Å². The minimum absolute atomic E-state index is 0.276. The normalized spacial score (nSPS) is 17.3. The molecule has 0 saturated carbocycles. The fourth-order valence-electron chi connectivity index (χ4n) is 2.44. The van der Waals surface area contributed by atoms with Crippen molar-refractivity contribution in [3.63, 3.8) is 0 Å². The number of rotatable bonds is 5. The van der Waals surface area contributed by atoms with Gasteiger partial charge in [0.2, 0.25) is 10.0 Å². The summed E-state index contributed by atoms with van der Waals surface area (Å²) in [4.78, 5) is 0.324. The van der Waals surface area contributed by atoms with E-state index in [-0.39, 0.29) is 6.04 Å². The molecule has 0 aliphatic carbocycles. The second-order valence-electron chi connectivity index (χ2n) is 5.84. The second kappa shape index (κ2) is 6.29. The van der Waals surface area contributed by atoms with E-state index in [1.807, 2.05) is 20.8 Å². The van der Waals surface area contributed by atoms with Crippen molar-refractivity contribution in [1.29, 1.82) is 0 Å². The smallest absolute Gasteiger partial charge is 0.247 e. The molecule has 0 atom stereocenters. The van der Waals surface area contributed by atoms with Gasteiger partial charge in [0.25, 0.3) is 0 Å². The molecule has 0 bridgehead atoms. The first-order chi connectivity index (χ1) is 9.82. The Morgan fingerprint density at radius 2 is 2.14 bits per heavy atom. The van der Waals surface area contributed by atoms with Crippen LogP contribution in [-0.2, 0) is 16.6 Å². The summed E-state index contributed by atoms with van der Waals surface area (Å²) in [5.74, 6) is 0. The maximum absolute atomic E-state index is 12.9. The summed E-state index contributed by atoms with van der Waals surface area (Å²) in [7, 11) is -3.50. The molecule has 1 aliphatic rings. The summed E-state index contributed by atoms with van der Waals surface area (Å²) < 4.78 is 27.3. The minimum atomic E-state index is -3.50. The Labute approximate surface area is 126 Å². The number of hydrogen-bond acceptors (Lipinski definition) is 4. The lowest BCUT2D eigenvalue weighted by Gasteiger charge is -2.25. The molecule has 21 heavy (non-hydrogen) atoms. The van der Waals surface area contributed by atoms with Gasteiger partial charge in [0.05, 0.1) is 11.4 Å². The zero-order valence-electron chi connectivity index (χ0n) is 13.1. The minimum Gasteiger partial charge on any atom is -0.309 e. The van der Waals surface area contributed by atoms with Crippen molar-refractivity contribution in [2.75, 3.05) is 13.1 Å². The van der Waals surface area contributed by atoms with Crippen LogP contribution in [0.3, 0.4) is 0 Å². The highest BCUT2D eigenvalue weighted by Gasteiger charge is 2.31. The first kappa shape index (κ1) is 16.2. The molecule has 0 unspecified atom stereocenters. The van der Waals surface area contributed by atoms with E-state index < -0.39 is 10.0 Å². The quantitative estimate of drug-likeness (QED) is 0.809. The van der Waals surface area contributed by atoms with E-state index in [0.29, 0.717) is 35.9 Å². The third-order valence-electron chi connectivity index (χ3n) is 3.53. The molecule has 0 fully saturated rings. The second-order valence-corrected chi connectivity index (χ2v) is 7.71. The van der Waals surface area contributed by atoms with E-state index in [9.17, 15) is 8.42 Å². The summed E-state index contributed by atoms with van der Waals surface area (Å²) in [6.07, 6.45) is 2.86. The maximum atomic E-state index is 12.9. The number of sulfonamides is 1. The first-order valence-corrected chi connectivity index (χ1v) is 8.69. The largest absolute Gasteiger partial charge is 0.309 e. The molecule has 2 rings (SSSR count). The van der Waals surface area contributed by atoms with Crippen LogP contribution in [0.25, 0.3) is 0 Å². The van der Waals surface area contributed by atoms with Crippen molar-refractivity contribution in [2.24, 2.45) is 0 Å². The summed E-state index contributed by atoms with van der Waals surface area (Å²) in [6, 6.07) is 0.276. The van der Waals surface area contributed by atoms with Crippen molar-refractivity contribution in [3.05, 3.63) is 23.0 Å². The van der Waals surface area contributed by atoms with Crippen LogP contribution in [0, 0.1) is 6.92 Å². The third kappa shape index (κ3) is 3.53. The molecule has 0 saturated heterocycles. The lowest BCUT2D eigenvalue weighted by molar-refractivity contribution is 0.426. The molecule has 1 aromatic heterocycles. The zero-order chi connectivity index (χ0) is 15.6. The van der Waals surface area contributed by atoms with Crippen LogP contribution in [0.4, 0.5) is 0 Å². The number of hydrogen-bond donors (Lipinski definition) is 2. The fraction of sp³-hybridized carbons (Fsp3) is 0.643. The lowest BCUT2D eigenvalue weighted by Crippen LogP contribution is -2.36. The fourth-order valence-corrected chi connectivity index (χ4v) is 4.27. The molecule has 1 aromatic rings. The SMILES string of the molecule is CC1=CCCN(S(=O)(=O)c2c(CNC(C)C)n[nH]c2C)C1. The Bertz CT molecular complexity index is 631. The van der Waals surface area contributed by atoms with Crippen LogP contribution in [0.2, 0.25) is 0 Å². The van der Waals surface area contributed by atoms with Crippen LogP contribution >= 0.6 is 0 Å². The average Bonchev–Trinajstić information content (AvgIpc) is 2.78. The van der Waals surface area contributed by atoms with Gasteiger partial charge in [-0.25, -0.2) is 8.42 Å². The van der Waals surface area contributed by atoms with Gasteiger partial charge in [-0.1, -0.05) is 25.5 Å². The summed E-state index contributed by atoms with van der Waals surface area (Å²) in [5, 5.41) is 10.2. The Morgan fingerprint density at radius 3 is 2.76 bits per heavy atom. The number of nitrogens with zero attached hydrogens (tertiary/aromatic N) is 2. The van der Waals surface area contributed by atoms with Gasteiger partial charge in [-0.05, 0) is 20.3 Å². The number of aryl methyl sites for hydroxylation is 1. The highest BCUT2D eigenvalue weighted by Crippen LogP contribution is 2.25. The van der Waals surface area contributed by atoms with Crippen LogP contribution < -0.4 is 5.32 Å². The molecule has 0 aromatic carbocycles. The Hall–Kier alpha value is -1.18. The standard InChI is InChI=1S/C14H24N4O2S/c1-10(2)15-8-13-14(12(4)16-17-13)21(19,20)18-7-5-6-11(3)9-18/h6,10,15H,5,7-9H2,1-4H3,(H,16,17). The molecule has 0 amide bonds. The number of aromatic nitrogens is 2. The van der Waals surface area contributed by atoms with Gasteiger partial charge in [0.1, 0.15) is 4.90 Å². The number of H-pyrrole nitrogens is 1. The number of aromatic amines is 1. The van der Waals surface area contributed by atoms with Crippen LogP contribution in [0.1, 0.15) is 38.6 Å². The van der Waals surface area contributed by atoms with E-state index in [1.165, 1.54) is 0 Å². The van der Waals surface area contributed by atoms with Gasteiger partial charge in [-0.15, -0.1) is 0 Å². The molecule has 118 valence electrons. The molecule has 0 radical (unpaired) electrons. The predicted octanol–water partition coefficient (Wildman–Crippen LogP) is 1.56. The van der Waals surface area contributed by atoms with Crippen molar-refractivity contribution in [2.45, 2.75) is 51.6 Å².